The summed E-state index contributed by atoms with van der Waals surface area (Å²) in [7, 11) is 2.02. The molecule has 1 aliphatic carbocycles. The zero-order valence-electron chi connectivity index (χ0n) is 18.3. The number of para-hydroxylation sites is 1. The Labute approximate surface area is 187 Å². The Balaban J connectivity index is 1.44. The Kier molecular flexibility index (Phi) is 6.37. The Hall–Kier alpha value is -3.45. The van der Waals surface area contributed by atoms with Crippen molar-refractivity contribution in [3.63, 3.8) is 0 Å². The van der Waals surface area contributed by atoms with Gasteiger partial charge in [0.2, 0.25) is 5.91 Å². The van der Waals surface area contributed by atoms with Crippen LogP contribution in [0.1, 0.15) is 40.9 Å². The molecule has 4 rings (SSSR count). The lowest BCUT2D eigenvalue weighted by atomic mass is 10.0. The second kappa shape index (κ2) is 9.36. The van der Waals surface area contributed by atoms with Crippen LogP contribution in [0.4, 0.5) is 5.69 Å². The van der Waals surface area contributed by atoms with Crippen molar-refractivity contribution >= 4 is 28.4 Å². The molecule has 3 aromatic rings. The average Bonchev–Trinajstić information content (AvgIpc) is 3.26. The third-order valence-corrected chi connectivity index (χ3v) is 6.19. The number of nitrogens with zero attached hydrogens (tertiary/aromatic N) is 2. The van der Waals surface area contributed by atoms with Gasteiger partial charge >= 0.3 is 0 Å². The standard InChI is InChI=1S/C25H28N4O3/c1-16-14-18(20-6-3-4-8-22(20)26-16)15-29(2)19-12-10-17(11-13-19)24(30)27-23-9-5-7-21(23)25(31)28-32/h3-4,6,8,10-14,21,23,32H,5,7,9,15H2,1-2H3,(H,27,30)(H,28,31)/t21-,23+/m1/s1. The normalized spacial score (nSPS) is 17.8. The largest absolute Gasteiger partial charge is 0.370 e. The van der Waals surface area contributed by atoms with Crippen molar-refractivity contribution in [1.29, 1.82) is 0 Å². The molecule has 166 valence electrons. The number of hydrogen-bond donors (Lipinski definition) is 3. The van der Waals surface area contributed by atoms with E-state index in [1.807, 2.05) is 44.3 Å². The molecule has 1 aromatic heterocycles. The van der Waals surface area contributed by atoms with Crippen LogP contribution in [0.25, 0.3) is 10.9 Å². The van der Waals surface area contributed by atoms with E-state index in [1.165, 1.54) is 5.56 Å². The van der Waals surface area contributed by atoms with Crippen LogP contribution in [0.3, 0.4) is 0 Å². The number of aryl methyl sites for hydroxylation is 1. The number of rotatable bonds is 6. The summed E-state index contributed by atoms with van der Waals surface area (Å²) in [6.07, 6.45) is 2.23. The molecule has 7 heteroatoms. The molecule has 2 atom stereocenters. The predicted molar refractivity (Wildman–Crippen MR) is 124 cm³/mol. The van der Waals surface area contributed by atoms with Gasteiger partial charge in [-0.2, -0.15) is 0 Å². The molecular weight excluding hydrogens is 404 g/mol. The second-order valence-corrected chi connectivity index (χ2v) is 8.44. The molecule has 2 amide bonds. The number of carbonyl (C=O) groups is 2. The zero-order valence-corrected chi connectivity index (χ0v) is 18.3. The van der Waals surface area contributed by atoms with Gasteiger partial charge in [0.1, 0.15) is 0 Å². The molecule has 0 radical (unpaired) electrons. The molecule has 1 saturated carbocycles. The van der Waals surface area contributed by atoms with Crippen LogP contribution in [0, 0.1) is 12.8 Å². The van der Waals surface area contributed by atoms with Gasteiger partial charge in [0, 0.05) is 42.0 Å². The summed E-state index contributed by atoms with van der Waals surface area (Å²) in [6, 6.07) is 17.4. The second-order valence-electron chi connectivity index (χ2n) is 8.44. The van der Waals surface area contributed by atoms with Crippen molar-refractivity contribution in [2.75, 3.05) is 11.9 Å². The number of carbonyl (C=O) groups excluding carboxylic acids is 2. The Bertz CT molecular complexity index is 1130. The van der Waals surface area contributed by atoms with Gasteiger partial charge in [-0.25, -0.2) is 5.48 Å². The van der Waals surface area contributed by atoms with Gasteiger partial charge in [-0.1, -0.05) is 24.6 Å². The molecule has 0 unspecified atom stereocenters. The Morgan fingerprint density at radius 2 is 1.88 bits per heavy atom. The number of benzene rings is 2. The number of amides is 2. The van der Waals surface area contributed by atoms with Crippen LogP contribution in [0.15, 0.2) is 54.6 Å². The van der Waals surface area contributed by atoms with E-state index in [9.17, 15) is 9.59 Å². The highest BCUT2D eigenvalue weighted by molar-refractivity contribution is 5.95. The third-order valence-electron chi connectivity index (χ3n) is 6.19. The maximum Gasteiger partial charge on any atom is 0.251 e. The Morgan fingerprint density at radius 3 is 2.62 bits per heavy atom. The van der Waals surface area contributed by atoms with Crippen molar-refractivity contribution in [3.8, 4) is 0 Å². The van der Waals surface area contributed by atoms with E-state index in [1.54, 1.807) is 17.6 Å². The minimum absolute atomic E-state index is 0.211. The lowest BCUT2D eigenvalue weighted by Crippen LogP contribution is -2.43. The lowest BCUT2D eigenvalue weighted by Gasteiger charge is -2.22. The van der Waals surface area contributed by atoms with Crippen LogP contribution in [-0.2, 0) is 11.3 Å². The molecule has 0 aliphatic heterocycles. The van der Waals surface area contributed by atoms with Crippen molar-refractivity contribution in [2.45, 2.75) is 38.8 Å². The van der Waals surface area contributed by atoms with Crippen LogP contribution >= 0.6 is 0 Å². The maximum atomic E-state index is 12.7. The van der Waals surface area contributed by atoms with Gasteiger partial charge in [0.05, 0.1) is 11.4 Å². The molecule has 1 fully saturated rings. The van der Waals surface area contributed by atoms with E-state index < -0.39 is 11.8 Å². The molecule has 0 bridgehead atoms. The zero-order chi connectivity index (χ0) is 22.7. The first-order valence-electron chi connectivity index (χ1n) is 10.9. The molecule has 0 saturated heterocycles. The maximum absolute atomic E-state index is 12.7. The average molecular weight is 433 g/mol. The number of hydrogen-bond acceptors (Lipinski definition) is 5. The number of anilines is 1. The summed E-state index contributed by atoms with van der Waals surface area (Å²) in [4.78, 5) is 31.2. The molecular formula is C25H28N4O3. The minimum atomic E-state index is -0.441. The SMILES string of the molecule is Cc1cc(CN(C)c2ccc(C(=O)N[C@H]3CCC[C@H]3C(=O)NO)cc2)c2ccccc2n1. The van der Waals surface area contributed by atoms with Crippen LogP contribution < -0.4 is 15.7 Å². The number of hydroxylamine groups is 1. The lowest BCUT2D eigenvalue weighted by molar-refractivity contribution is -0.133. The third kappa shape index (κ3) is 4.57. The molecule has 7 nitrogen and oxygen atoms in total. The van der Waals surface area contributed by atoms with Crippen molar-refractivity contribution in [3.05, 3.63) is 71.4 Å². The monoisotopic (exact) mass is 432 g/mol. The molecule has 1 aliphatic rings. The van der Waals surface area contributed by atoms with E-state index in [4.69, 9.17) is 5.21 Å². The van der Waals surface area contributed by atoms with E-state index in [0.717, 1.165) is 41.7 Å². The first-order chi connectivity index (χ1) is 15.5. The van der Waals surface area contributed by atoms with Gasteiger partial charge in [-0.05, 0) is 61.7 Å². The smallest absolute Gasteiger partial charge is 0.251 e. The number of fused-ring (bicyclic) bond motifs is 1. The van der Waals surface area contributed by atoms with Gasteiger partial charge in [0.25, 0.3) is 5.91 Å². The van der Waals surface area contributed by atoms with Gasteiger partial charge in [-0.15, -0.1) is 0 Å². The fourth-order valence-corrected chi connectivity index (χ4v) is 4.52. The highest BCUT2D eigenvalue weighted by Gasteiger charge is 2.34. The molecule has 2 aromatic carbocycles. The van der Waals surface area contributed by atoms with Crippen molar-refractivity contribution in [1.82, 2.24) is 15.8 Å². The minimum Gasteiger partial charge on any atom is -0.370 e. The molecule has 0 spiro atoms. The van der Waals surface area contributed by atoms with Crippen molar-refractivity contribution in [2.24, 2.45) is 5.92 Å². The number of aromatic nitrogens is 1. The van der Waals surface area contributed by atoms with Crippen LogP contribution in [0.5, 0.6) is 0 Å². The number of pyridine rings is 1. The summed E-state index contributed by atoms with van der Waals surface area (Å²) in [6.45, 7) is 2.72. The quantitative estimate of drug-likeness (QED) is 0.409. The van der Waals surface area contributed by atoms with E-state index in [0.29, 0.717) is 12.0 Å². The summed E-state index contributed by atoms with van der Waals surface area (Å²) in [5.74, 6) is -1.05. The van der Waals surface area contributed by atoms with Crippen molar-refractivity contribution < 1.29 is 14.8 Å². The number of nitrogens with one attached hydrogen (secondary N) is 2. The van der Waals surface area contributed by atoms with Gasteiger partial charge < -0.3 is 10.2 Å². The van der Waals surface area contributed by atoms with E-state index in [2.05, 4.69) is 27.3 Å². The fourth-order valence-electron chi connectivity index (χ4n) is 4.52. The fraction of sp³-hybridized carbons (Fsp3) is 0.320. The highest BCUT2D eigenvalue weighted by atomic mass is 16.5. The van der Waals surface area contributed by atoms with Gasteiger partial charge in [0.15, 0.2) is 0 Å². The predicted octanol–water partition coefficient (Wildman–Crippen LogP) is 3.58. The van der Waals surface area contributed by atoms with Crippen LogP contribution in [-0.4, -0.2) is 35.1 Å². The van der Waals surface area contributed by atoms with E-state index >= 15 is 0 Å². The first-order valence-corrected chi connectivity index (χ1v) is 10.9. The van der Waals surface area contributed by atoms with E-state index in [-0.39, 0.29) is 11.9 Å². The summed E-state index contributed by atoms with van der Waals surface area (Å²) in [5, 5.41) is 13.0. The molecule has 32 heavy (non-hydrogen) atoms. The summed E-state index contributed by atoms with van der Waals surface area (Å²) >= 11 is 0. The molecule has 1 heterocycles. The highest BCUT2D eigenvalue weighted by Crippen LogP contribution is 2.26. The van der Waals surface area contributed by atoms with Crippen LogP contribution in [0.2, 0.25) is 0 Å². The summed E-state index contributed by atoms with van der Waals surface area (Å²) in [5.41, 5.74) is 6.42. The summed E-state index contributed by atoms with van der Waals surface area (Å²) < 4.78 is 0. The Morgan fingerprint density at radius 1 is 1.12 bits per heavy atom. The first kappa shape index (κ1) is 21.8. The van der Waals surface area contributed by atoms with Gasteiger partial charge in [-0.3, -0.25) is 19.8 Å². The molecule has 3 N–H and O–H groups in total. The topological polar surface area (TPSA) is 94.6 Å².